The second-order valence-electron chi connectivity index (χ2n) is 6.85. The largest absolute Gasteiger partial charge is 0.356 e. The lowest BCUT2D eigenvalue weighted by molar-refractivity contribution is 0.0928. The van der Waals surface area contributed by atoms with Crippen molar-refractivity contribution in [2.24, 2.45) is 5.92 Å². The lowest BCUT2D eigenvalue weighted by Crippen LogP contribution is -2.39. The Morgan fingerprint density at radius 1 is 1.18 bits per heavy atom. The van der Waals surface area contributed by atoms with Gasteiger partial charge in [0.25, 0.3) is 5.91 Å². The molecular weight excluding hydrogens is 274 g/mol. The van der Waals surface area contributed by atoms with Gasteiger partial charge in [0.2, 0.25) is 0 Å². The highest BCUT2D eigenvalue weighted by atomic mass is 16.1. The van der Waals surface area contributed by atoms with E-state index in [9.17, 15) is 4.79 Å². The fourth-order valence-corrected chi connectivity index (χ4v) is 3.56. The molecule has 2 aliphatic rings. The lowest BCUT2D eigenvalue weighted by Gasteiger charge is -2.32. The molecule has 1 aliphatic heterocycles. The van der Waals surface area contributed by atoms with Gasteiger partial charge < -0.3 is 10.2 Å². The van der Waals surface area contributed by atoms with Crippen LogP contribution in [0.5, 0.6) is 0 Å². The van der Waals surface area contributed by atoms with E-state index in [0.29, 0.717) is 6.04 Å². The van der Waals surface area contributed by atoms with Crippen molar-refractivity contribution in [3.8, 4) is 0 Å². The molecular formula is C18H27N3O. The first-order chi connectivity index (χ1) is 10.7. The first-order valence-corrected chi connectivity index (χ1v) is 8.75. The summed E-state index contributed by atoms with van der Waals surface area (Å²) in [5, 5.41) is 3.22. The minimum absolute atomic E-state index is 0.0496. The molecule has 0 bridgehead atoms. The highest BCUT2D eigenvalue weighted by Gasteiger charge is 2.23. The van der Waals surface area contributed by atoms with E-state index in [1.54, 1.807) is 6.20 Å². The average molecular weight is 301 g/mol. The second-order valence-corrected chi connectivity index (χ2v) is 6.85. The van der Waals surface area contributed by atoms with E-state index in [1.165, 1.54) is 32.1 Å². The van der Waals surface area contributed by atoms with Gasteiger partial charge in [0.05, 0.1) is 5.56 Å². The summed E-state index contributed by atoms with van der Waals surface area (Å²) in [5.74, 6) is 1.69. The fourth-order valence-electron chi connectivity index (χ4n) is 3.56. The highest BCUT2D eigenvalue weighted by molar-refractivity contribution is 5.99. The third-order valence-corrected chi connectivity index (χ3v) is 5.05. The van der Waals surface area contributed by atoms with Crippen LogP contribution in [-0.4, -0.2) is 30.0 Å². The van der Waals surface area contributed by atoms with Crippen LogP contribution in [0.4, 0.5) is 5.82 Å². The van der Waals surface area contributed by atoms with Crippen molar-refractivity contribution in [1.82, 2.24) is 10.3 Å². The van der Waals surface area contributed by atoms with E-state index >= 15 is 0 Å². The molecule has 0 radical (unpaired) electrons. The van der Waals surface area contributed by atoms with Crippen LogP contribution in [0.3, 0.4) is 0 Å². The Bertz CT molecular complexity index is 503. The minimum Gasteiger partial charge on any atom is -0.356 e. The third kappa shape index (κ3) is 3.60. The molecule has 0 spiro atoms. The summed E-state index contributed by atoms with van der Waals surface area (Å²) in [6, 6.07) is 4.13. The Balaban J connectivity index is 1.71. The van der Waals surface area contributed by atoms with Crippen LogP contribution in [0, 0.1) is 5.92 Å². The quantitative estimate of drug-likeness (QED) is 0.931. The standard InChI is InChI=1S/C18H27N3O/c1-14-9-12-21(13-10-14)17-16(8-5-11-19-17)18(22)20-15-6-3-2-4-7-15/h5,8,11,14-15H,2-4,6-7,9-10,12-13H2,1H3,(H,20,22). The van der Waals surface area contributed by atoms with E-state index in [-0.39, 0.29) is 5.91 Å². The molecule has 1 aliphatic carbocycles. The van der Waals surface area contributed by atoms with Crippen molar-refractivity contribution < 1.29 is 4.79 Å². The smallest absolute Gasteiger partial charge is 0.255 e. The Morgan fingerprint density at radius 3 is 2.64 bits per heavy atom. The van der Waals surface area contributed by atoms with Gasteiger partial charge in [-0.3, -0.25) is 4.79 Å². The van der Waals surface area contributed by atoms with E-state index in [4.69, 9.17) is 0 Å². The SMILES string of the molecule is CC1CCN(c2ncccc2C(=O)NC2CCCCC2)CC1. The maximum Gasteiger partial charge on any atom is 0.255 e. The molecule has 1 saturated heterocycles. The van der Waals surface area contributed by atoms with E-state index in [1.807, 2.05) is 12.1 Å². The number of nitrogens with one attached hydrogen (secondary N) is 1. The molecule has 1 saturated carbocycles. The predicted octanol–water partition coefficient (Wildman–Crippen LogP) is 3.38. The first-order valence-electron chi connectivity index (χ1n) is 8.75. The molecule has 1 amide bonds. The summed E-state index contributed by atoms with van der Waals surface area (Å²) in [6.07, 6.45) is 10.1. The van der Waals surface area contributed by atoms with E-state index < -0.39 is 0 Å². The van der Waals surface area contributed by atoms with Crippen molar-refractivity contribution in [3.63, 3.8) is 0 Å². The van der Waals surface area contributed by atoms with Crippen LogP contribution in [0.1, 0.15) is 62.2 Å². The van der Waals surface area contributed by atoms with Gasteiger partial charge in [0.15, 0.2) is 0 Å². The summed E-state index contributed by atoms with van der Waals surface area (Å²) in [7, 11) is 0. The molecule has 4 nitrogen and oxygen atoms in total. The molecule has 22 heavy (non-hydrogen) atoms. The summed E-state index contributed by atoms with van der Waals surface area (Å²) >= 11 is 0. The normalized spacial score (nSPS) is 20.9. The van der Waals surface area contributed by atoms with E-state index in [0.717, 1.165) is 43.2 Å². The number of carbonyl (C=O) groups excluding carboxylic acids is 1. The number of hydrogen-bond donors (Lipinski definition) is 1. The first kappa shape index (κ1) is 15.3. The molecule has 1 aromatic heterocycles. The molecule has 1 aromatic rings. The number of anilines is 1. The Labute approximate surface area is 133 Å². The summed E-state index contributed by atoms with van der Waals surface area (Å²) in [4.78, 5) is 19.4. The number of nitrogens with zero attached hydrogens (tertiary/aromatic N) is 2. The molecule has 0 unspecified atom stereocenters. The molecule has 2 fully saturated rings. The number of aromatic nitrogens is 1. The van der Waals surface area contributed by atoms with Gasteiger partial charge in [-0.2, -0.15) is 0 Å². The van der Waals surface area contributed by atoms with Crippen molar-refractivity contribution >= 4 is 11.7 Å². The lowest BCUT2D eigenvalue weighted by atomic mass is 9.95. The zero-order valence-electron chi connectivity index (χ0n) is 13.6. The van der Waals surface area contributed by atoms with Crippen LogP contribution < -0.4 is 10.2 Å². The van der Waals surface area contributed by atoms with Crippen LogP contribution in [0.2, 0.25) is 0 Å². The van der Waals surface area contributed by atoms with Crippen molar-refractivity contribution in [1.29, 1.82) is 0 Å². The zero-order valence-corrected chi connectivity index (χ0v) is 13.6. The molecule has 120 valence electrons. The monoisotopic (exact) mass is 301 g/mol. The van der Waals surface area contributed by atoms with Crippen molar-refractivity contribution in [2.75, 3.05) is 18.0 Å². The zero-order chi connectivity index (χ0) is 15.4. The van der Waals surface area contributed by atoms with E-state index in [2.05, 4.69) is 22.1 Å². The summed E-state index contributed by atoms with van der Waals surface area (Å²) < 4.78 is 0. The molecule has 0 aromatic carbocycles. The van der Waals surface area contributed by atoms with Crippen molar-refractivity contribution in [2.45, 2.75) is 57.9 Å². The predicted molar refractivity (Wildman–Crippen MR) is 89.2 cm³/mol. The molecule has 1 N–H and O–H groups in total. The Hall–Kier alpha value is -1.58. The van der Waals surface area contributed by atoms with Crippen LogP contribution >= 0.6 is 0 Å². The van der Waals surface area contributed by atoms with Gasteiger partial charge in [0, 0.05) is 25.3 Å². The summed E-state index contributed by atoms with van der Waals surface area (Å²) in [5.41, 5.74) is 0.739. The molecule has 2 heterocycles. The fraction of sp³-hybridized carbons (Fsp3) is 0.667. The van der Waals surface area contributed by atoms with Gasteiger partial charge in [-0.1, -0.05) is 26.2 Å². The number of carbonyl (C=O) groups is 1. The number of hydrogen-bond acceptors (Lipinski definition) is 3. The number of amides is 1. The minimum atomic E-state index is 0.0496. The molecule has 0 atom stereocenters. The van der Waals surface area contributed by atoms with Crippen molar-refractivity contribution in [3.05, 3.63) is 23.9 Å². The van der Waals surface area contributed by atoms with Gasteiger partial charge >= 0.3 is 0 Å². The average Bonchev–Trinajstić information content (AvgIpc) is 2.56. The summed E-state index contributed by atoms with van der Waals surface area (Å²) in [6.45, 7) is 4.30. The second kappa shape index (κ2) is 7.12. The van der Waals surface area contributed by atoms with Crippen LogP contribution in [0.25, 0.3) is 0 Å². The van der Waals surface area contributed by atoms with Gasteiger partial charge in [0.1, 0.15) is 5.82 Å². The number of piperidine rings is 1. The van der Waals surface area contributed by atoms with Gasteiger partial charge in [-0.05, 0) is 43.7 Å². The highest BCUT2D eigenvalue weighted by Crippen LogP contribution is 2.25. The van der Waals surface area contributed by atoms with Gasteiger partial charge in [-0.25, -0.2) is 4.98 Å². The Kier molecular flexibility index (Phi) is 4.96. The van der Waals surface area contributed by atoms with Crippen LogP contribution in [-0.2, 0) is 0 Å². The number of rotatable bonds is 3. The third-order valence-electron chi connectivity index (χ3n) is 5.05. The number of pyridine rings is 1. The topological polar surface area (TPSA) is 45.2 Å². The maximum absolute atomic E-state index is 12.7. The maximum atomic E-state index is 12.7. The van der Waals surface area contributed by atoms with Crippen LogP contribution in [0.15, 0.2) is 18.3 Å². The molecule has 4 heteroatoms. The Morgan fingerprint density at radius 2 is 1.91 bits per heavy atom. The van der Waals surface area contributed by atoms with Gasteiger partial charge in [-0.15, -0.1) is 0 Å². The molecule has 3 rings (SSSR count).